The lowest BCUT2D eigenvalue weighted by Gasteiger charge is -2.09. The van der Waals surface area contributed by atoms with Crippen molar-refractivity contribution < 1.29 is 17.6 Å². The van der Waals surface area contributed by atoms with Crippen molar-refractivity contribution in [2.45, 2.75) is 25.3 Å². The van der Waals surface area contributed by atoms with Crippen LogP contribution in [0.5, 0.6) is 0 Å². The maximum atomic E-state index is 13.6. The van der Waals surface area contributed by atoms with Gasteiger partial charge in [0, 0.05) is 18.0 Å². The first-order valence-corrected chi connectivity index (χ1v) is 6.85. The van der Waals surface area contributed by atoms with Crippen LogP contribution in [0.25, 0.3) is 0 Å². The SMILES string of the molecule is CC(C)C(=O)NCc1ccc(S(N)(=O)=O)cc1F. The second kappa shape index (κ2) is 5.45. The minimum Gasteiger partial charge on any atom is -0.352 e. The van der Waals surface area contributed by atoms with Gasteiger partial charge in [-0.1, -0.05) is 19.9 Å². The van der Waals surface area contributed by atoms with Gasteiger partial charge in [-0.2, -0.15) is 0 Å². The molecular formula is C11H15FN2O3S. The predicted octanol–water partition coefficient (Wildman–Crippen LogP) is 0.745. The molecule has 0 radical (unpaired) electrons. The number of carbonyl (C=O) groups excluding carboxylic acids is 1. The number of nitrogens with one attached hydrogen (secondary N) is 1. The molecule has 0 saturated carbocycles. The number of amides is 1. The van der Waals surface area contributed by atoms with Crippen molar-refractivity contribution in [1.82, 2.24) is 5.32 Å². The third kappa shape index (κ3) is 3.78. The molecule has 100 valence electrons. The fourth-order valence-corrected chi connectivity index (χ4v) is 1.76. The Morgan fingerprint density at radius 2 is 2.06 bits per heavy atom. The predicted molar refractivity (Wildman–Crippen MR) is 64.5 cm³/mol. The molecule has 1 aromatic rings. The number of nitrogens with two attached hydrogens (primary N) is 1. The normalized spacial score (nSPS) is 11.6. The van der Waals surface area contributed by atoms with E-state index in [1.54, 1.807) is 13.8 Å². The fourth-order valence-electron chi connectivity index (χ4n) is 1.23. The van der Waals surface area contributed by atoms with E-state index >= 15 is 0 Å². The van der Waals surface area contributed by atoms with Crippen LogP contribution in [-0.2, 0) is 21.4 Å². The van der Waals surface area contributed by atoms with Crippen molar-refractivity contribution in [2.75, 3.05) is 0 Å². The Morgan fingerprint density at radius 1 is 1.44 bits per heavy atom. The van der Waals surface area contributed by atoms with E-state index in [2.05, 4.69) is 5.32 Å². The number of sulfonamides is 1. The number of benzene rings is 1. The van der Waals surface area contributed by atoms with Crippen molar-refractivity contribution in [3.63, 3.8) is 0 Å². The summed E-state index contributed by atoms with van der Waals surface area (Å²) in [5.41, 5.74) is 0.205. The minimum atomic E-state index is -3.91. The molecule has 0 aliphatic carbocycles. The number of halogens is 1. The van der Waals surface area contributed by atoms with Gasteiger partial charge in [-0.3, -0.25) is 4.79 Å². The Kier molecular flexibility index (Phi) is 4.42. The van der Waals surface area contributed by atoms with Gasteiger partial charge in [0.15, 0.2) is 0 Å². The summed E-state index contributed by atoms with van der Waals surface area (Å²) >= 11 is 0. The van der Waals surface area contributed by atoms with Crippen LogP contribution < -0.4 is 10.5 Å². The summed E-state index contributed by atoms with van der Waals surface area (Å²) in [6.45, 7) is 3.44. The van der Waals surface area contributed by atoms with Crippen molar-refractivity contribution in [2.24, 2.45) is 11.1 Å². The van der Waals surface area contributed by atoms with Crippen LogP contribution in [-0.4, -0.2) is 14.3 Å². The number of rotatable bonds is 4. The minimum absolute atomic E-state index is 0.00768. The Balaban J connectivity index is 2.84. The first-order valence-electron chi connectivity index (χ1n) is 5.30. The summed E-state index contributed by atoms with van der Waals surface area (Å²) in [5.74, 6) is -1.12. The molecule has 1 rings (SSSR count). The highest BCUT2D eigenvalue weighted by Gasteiger charge is 2.12. The topological polar surface area (TPSA) is 89.3 Å². The van der Waals surface area contributed by atoms with E-state index in [0.29, 0.717) is 0 Å². The zero-order chi connectivity index (χ0) is 13.9. The van der Waals surface area contributed by atoms with E-state index in [-0.39, 0.29) is 28.8 Å². The quantitative estimate of drug-likeness (QED) is 0.848. The second-order valence-corrected chi connectivity index (χ2v) is 5.73. The van der Waals surface area contributed by atoms with Gasteiger partial charge in [0.1, 0.15) is 5.82 Å². The molecule has 18 heavy (non-hydrogen) atoms. The largest absolute Gasteiger partial charge is 0.352 e. The molecule has 0 heterocycles. The van der Waals surface area contributed by atoms with E-state index in [9.17, 15) is 17.6 Å². The highest BCUT2D eigenvalue weighted by molar-refractivity contribution is 7.89. The monoisotopic (exact) mass is 274 g/mol. The Hall–Kier alpha value is -1.47. The van der Waals surface area contributed by atoms with Gasteiger partial charge in [0.25, 0.3) is 0 Å². The highest BCUT2D eigenvalue weighted by Crippen LogP contribution is 2.13. The summed E-state index contributed by atoms with van der Waals surface area (Å²) in [4.78, 5) is 11.0. The van der Waals surface area contributed by atoms with Gasteiger partial charge < -0.3 is 5.32 Å². The zero-order valence-electron chi connectivity index (χ0n) is 10.1. The smallest absolute Gasteiger partial charge is 0.238 e. The molecule has 0 aromatic heterocycles. The van der Waals surface area contributed by atoms with Crippen LogP contribution >= 0.6 is 0 Å². The average Bonchev–Trinajstić information content (AvgIpc) is 2.25. The second-order valence-electron chi connectivity index (χ2n) is 4.17. The van der Waals surface area contributed by atoms with Crippen LogP contribution in [0.15, 0.2) is 23.1 Å². The fraction of sp³-hybridized carbons (Fsp3) is 0.364. The lowest BCUT2D eigenvalue weighted by atomic mass is 10.2. The van der Waals surface area contributed by atoms with Crippen LogP contribution in [0, 0.1) is 11.7 Å². The van der Waals surface area contributed by atoms with Crippen molar-refractivity contribution in [3.05, 3.63) is 29.6 Å². The zero-order valence-corrected chi connectivity index (χ0v) is 10.9. The standard InChI is InChI=1S/C11H15FN2O3S/c1-7(2)11(15)14-6-8-3-4-9(5-10(8)12)18(13,16)17/h3-5,7H,6H2,1-2H3,(H,14,15)(H2,13,16,17). The van der Waals surface area contributed by atoms with E-state index in [0.717, 1.165) is 6.07 Å². The third-order valence-electron chi connectivity index (χ3n) is 2.33. The van der Waals surface area contributed by atoms with Gasteiger partial charge >= 0.3 is 0 Å². The molecule has 7 heteroatoms. The molecule has 0 atom stereocenters. The lowest BCUT2D eigenvalue weighted by Crippen LogP contribution is -2.27. The third-order valence-corrected chi connectivity index (χ3v) is 3.24. The Bertz CT molecular complexity index is 555. The van der Waals surface area contributed by atoms with E-state index < -0.39 is 15.8 Å². The molecule has 0 saturated heterocycles. The number of hydrogen-bond donors (Lipinski definition) is 2. The van der Waals surface area contributed by atoms with Crippen molar-refractivity contribution in [1.29, 1.82) is 0 Å². The van der Waals surface area contributed by atoms with Crippen LogP contribution in [0.3, 0.4) is 0 Å². The molecule has 1 amide bonds. The molecular weight excluding hydrogens is 259 g/mol. The first kappa shape index (κ1) is 14.6. The molecule has 0 bridgehead atoms. The van der Waals surface area contributed by atoms with E-state index in [1.165, 1.54) is 12.1 Å². The maximum absolute atomic E-state index is 13.6. The summed E-state index contributed by atoms with van der Waals surface area (Å²) in [6, 6.07) is 3.33. The summed E-state index contributed by atoms with van der Waals surface area (Å²) < 4.78 is 35.5. The maximum Gasteiger partial charge on any atom is 0.238 e. The van der Waals surface area contributed by atoms with Crippen LogP contribution in [0.1, 0.15) is 19.4 Å². The molecule has 1 aromatic carbocycles. The number of carbonyl (C=O) groups is 1. The molecule has 0 aliphatic rings. The highest BCUT2D eigenvalue weighted by atomic mass is 32.2. The summed E-state index contributed by atoms with van der Waals surface area (Å²) in [6.07, 6.45) is 0. The lowest BCUT2D eigenvalue weighted by molar-refractivity contribution is -0.124. The van der Waals surface area contributed by atoms with Crippen molar-refractivity contribution in [3.8, 4) is 0 Å². The summed E-state index contributed by atoms with van der Waals surface area (Å²) in [7, 11) is -3.91. The summed E-state index contributed by atoms with van der Waals surface area (Å²) in [5, 5.41) is 7.41. The molecule has 0 fully saturated rings. The molecule has 5 nitrogen and oxygen atoms in total. The van der Waals surface area contributed by atoms with Gasteiger partial charge in [0.2, 0.25) is 15.9 Å². The number of primary sulfonamides is 1. The molecule has 3 N–H and O–H groups in total. The number of hydrogen-bond acceptors (Lipinski definition) is 3. The Morgan fingerprint density at radius 3 is 2.50 bits per heavy atom. The average molecular weight is 274 g/mol. The van der Waals surface area contributed by atoms with Gasteiger partial charge in [-0.25, -0.2) is 17.9 Å². The van der Waals surface area contributed by atoms with Crippen LogP contribution in [0.4, 0.5) is 4.39 Å². The molecule has 0 aliphatic heterocycles. The van der Waals surface area contributed by atoms with E-state index in [4.69, 9.17) is 5.14 Å². The van der Waals surface area contributed by atoms with Gasteiger partial charge in [-0.05, 0) is 12.1 Å². The van der Waals surface area contributed by atoms with Crippen LogP contribution in [0.2, 0.25) is 0 Å². The van der Waals surface area contributed by atoms with Gasteiger partial charge in [-0.15, -0.1) is 0 Å². The Labute approximate surface area is 105 Å². The molecule has 0 unspecified atom stereocenters. The molecule has 0 spiro atoms. The van der Waals surface area contributed by atoms with Crippen molar-refractivity contribution >= 4 is 15.9 Å². The van der Waals surface area contributed by atoms with E-state index in [1.807, 2.05) is 0 Å². The van der Waals surface area contributed by atoms with Gasteiger partial charge in [0.05, 0.1) is 4.90 Å². The first-order chi connectivity index (χ1) is 8.21.